The molecule has 1 N–H and O–H groups in total. The lowest BCUT2D eigenvalue weighted by Crippen LogP contribution is -2.67. The number of hydrogen-bond acceptors (Lipinski definition) is 6. The molecular weight excluding hydrogens is 562 g/mol. The first-order valence-corrected chi connectivity index (χ1v) is 16.7. The van der Waals surface area contributed by atoms with Crippen molar-refractivity contribution in [2.75, 3.05) is 13.2 Å². The lowest BCUT2D eigenvalue weighted by atomic mass is 10.1. The Hall–Kier alpha value is -3.82. The van der Waals surface area contributed by atoms with Gasteiger partial charge in [0.15, 0.2) is 0 Å². The largest absolute Gasteiger partial charge is 0.492 e. The Morgan fingerprint density at radius 3 is 2.19 bits per heavy atom. The molecule has 0 spiro atoms. The van der Waals surface area contributed by atoms with E-state index in [1.807, 2.05) is 43.3 Å². The van der Waals surface area contributed by atoms with Gasteiger partial charge in [0.2, 0.25) is 5.79 Å². The fraction of sp³-hybridized carbons (Fsp3) is 0.412. The number of carbonyl (C=O) groups excluding carboxylic acids is 1. The number of nitrogens with zero attached hydrogens (tertiary/aromatic N) is 1. The maximum atomic E-state index is 12.8. The molecular formula is C34H41NO7Si. The third-order valence-corrected chi connectivity index (χ3v) is 13.3. The number of esters is 1. The number of carboxylic acid groups (broad SMARTS) is 1. The van der Waals surface area contributed by atoms with Gasteiger partial charge in [0.1, 0.15) is 17.1 Å². The standard InChI is InChI=1S/C34H41NO7Si/c1-23-19-28(30-29(20-23)40-34(5,6)41-31(30)36)39-18-17-24-21-25(22-35(24)32(37)38)42-43(33(2,3)4,26-13-9-7-10-14-26)27-15-11-8-12-16-27/h7-16,19-20,24-25H,17-18,21-22H2,1-6H3,(H,37,38)/t24-,25-/m0/s1. The molecule has 0 aromatic heterocycles. The van der Waals surface area contributed by atoms with Crippen LogP contribution < -0.4 is 19.8 Å². The Balaban J connectivity index is 1.37. The van der Waals surface area contributed by atoms with Crippen LogP contribution in [0.2, 0.25) is 5.04 Å². The van der Waals surface area contributed by atoms with Crippen molar-refractivity contribution < 1.29 is 33.3 Å². The third kappa shape index (κ3) is 6.14. The fourth-order valence-electron chi connectivity index (χ4n) is 6.39. The van der Waals surface area contributed by atoms with E-state index in [1.165, 1.54) is 4.90 Å². The maximum Gasteiger partial charge on any atom is 0.407 e. The van der Waals surface area contributed by atoms with Crippen LogP contribution in [-0.2, 0) is 9.16 Å². The minimum Gasteiger partial charge on any atom is -0.492 e. The number of cyclic esters (lactones) is 1. The number of hydrogen-bond donors (Lipinski definition) is 1. The number of ether oxygens (including phenoxy) is 3. The van der Waals surface area contributed by atoms with Gasteiger partial charge in [0, 0.05) is 32.9 Å². The lowest BCUT2D eigenvalue weighted by molar-refractivity contribution is -0.127. The van der Waals surface area contributed by atoms with Crippen molar-refractivity contribution in [1.29, 1.82) is 0 Å². The molecule has 1 saturated heterocycles. The predicted octanol–water partition coefficient (Wildman–Crippen LogP) is 5.75. The summed E-state index contributed by atoms with van der Waals surface area (Å²) >= 11 is 0. The van der Waals surface area contributed by atoms with Gasteiger partial charge in [-0.2, -0.15) is 0 Å². The molecule has 9 heteroatoms. The molecule has 43 heavy (non-hydrogen) atoms. The van der Waals surface area contributed by atoms with Gasteiger partial charge < -0.3 is 28.6 Å². The highest BCUT2D eigenvalue weighted by atomic mass is 28.4. The summed E-state index contributed by atoms with van der Waals surface area (Å²) in [6, 6.07) is 24.0. The van der Waals surface area contributed by atoms with Crippen molar-refractivity contribution in [1.82, 2.24) is 4.90 Å². The summed E-state index contributed by atoms with van der Waals surface area (Å²) in [5.41, 5.74) is 1.13. The summed E-state index contributed by atoms with van der Waals surface area (Å²) in [5, 5.41) is 12.2. The second-order valence-corrected chi connectivity index (χ2v) is 17.1. The summed E-state index contributed by atoms with van der Waals surface area (Å²) < 4.78 is 24.7. The smallest absolute Gasteiger partial charge is 0.407 e. The van der Waals surface area contributed by atoms with Crippen LogP contribution in [0.4, 0.5) is 4.79 Å². The van der Waals surface area contributed by atoms with E-state index in [0.29, 0.717) is 24.3 Å². The first kappa shape index (κ1) is 30.6. The molecule has 0 bridgehead atoms. The summed E-state index contributed by atoms with van der Waals surface area (Å²) in [6.07, 6.45) is -0.280. The van der Waals surface area contributed by atoms with E-state index in [0.717, 1.165) is 15.9 Å². The van der Waals surface area contributed by atoms with Crippen LogP contribution >= 0.6 is 0 Å². The maximum absolute atomic E-state index is 12.8. The Morgan fingerprint density at radius 1 is 1.02 bits per heavy atom. The van der Waals surface area contributed by atoms with Gasteiger partial charge in [-0.1, -0.05) is 81.4 Å². The zero-order chi connectivity index (χ0) is 31.0. The van der Waals surface area contributed by atoms with Crippen LogP contribution in [0.5, 0.6) is 11.5 Å². The SMILES string of the molecule is Cc1cc(OCC[C@H]2C[C@H](O[Si](c3ccccc3)(c3ccccc3)C(C)(C)C)CN2C(=O)O)c2c(c1)OC(C)(C)OC2=O. The molecule has 0 saturated carbocycles. The van der Waals surface area contributed by atoms with Crippen molar-refractivity contribution in [2.45, 2.75) is 77.4 Å². The molecule has 1 amide bonds. The van der Waals surface area contributed by atoms with Crippen molar-refractivity contribution in [2.24, 2.45) is 0 Å². The average Bonchev–Trinajstić information content (AvgIpc) is 3.33. The minimum atomic E-state index is -2.85. The van der Waals surface area contributed by atoms with Crippen molar-refractivity contribution in [3.63, 3.8) is 0 Å². The van der Waals surface area contributed by atoms with Gasteiger partial charge in [-0.25, -0.2) is 9.59 Å². The van der Waals surface area contributed by atoms with E-state index in [9.17, 15) is 14.7 Å². The highest BCUT2D eigenvalue weighted by Crippen LogP contribution is 2.40. The van der Waals surface area contributed by atoms with E-state index < -0.39 is 26.2 Å². The quantitative estimate of drug-likeness (QED) is 0.259. The molecule has 8 nitrogen and oxygen atoms in total. The molecule has 2 atom stereocenters. The average molecular weight is 604 g/mol. The Bertz CT molecular complexity index is 1430. The molecule has 2 aliphatic rings. The van der Waals surface area contributed by atoms with Crippen molar-refractivity contribution in [3.8, 4) is 11.5 Å². The van der Waals surface area contributed by atoms with Crippen LogP contribution in [0.25, 0.3) is 0 Å². The predicted molar refractivity (Wildman–Crippen MR) is 167 cm³/mol. The molecule has 1 fully saturated rings. The Kier molecular flexibility index (Phi) is 8.33. The van der Waals surface area contributed by atoms with E-state index >= 15 is 0 Å². The van der Waals surface area contributed by atoms with Crippen LogP contribution in [0.15, 0.2) is 72.8 Å². The van der Waals surface area contributed by atoms with Crippen LogP contribution in [0.3, 0.4) is 0 Å². The number of carbonyl (C=O) groups is 2. The first-order chi connectivity index (χ1) is 20.3. The second kappa shape index (κ2) is 11.7. The molecule has 228 valence electrons. The van der Waals surface area contributed by atoms with E-state index in [1.54, 1.807) is 26.0 Å². The molecule has 3 aromatic rings. The minimum absolute atomic E-state index is 0.215. The number of fused-ring (bicyclic) bond motifs is 1. The second-order valence-electron chi connectivity index (χ2n) is 12.9. The number of aryl methyl sites for hydroxylation is 1. The normalized spacial score (nSPS) is 19.8. The van der Waals surface area contributed by atoms with E-state index in [4.69, 9.17) is 18.6 Å². The van der Waals surface area contributed by atoms with Crippen LogP contribution in [0.1, 0.15) is 63.4 Å². The number of amides is 1. The van der Waals surface area contributed by atoms with Gasteiger partial charge in [-0.3, -0.25) is 0 Å². The molecule has 0 aliphatic carbocycles. The van der Waals surface area contributed by atoms with Gasteiger partial charge in [-0.15, -0.1) is 0 Å². The number of rotatable bonds is 8. The summed E-state index contributed by atoms with van der Waals surface area (Å²) in [5.74, 6) is -0.785. The van der Waals surface area contributed by atoms with E-state index in [-0.39, 0.29) is 35.9 Å². The fourth-order valence-corrected chi connectivity index (χ4v) is 11.1. The molecule has 0 unspecified atom stereocenters. The highest BCUT2D eigenvalue weighted by molar-refractivity contribution is 6.99. The number of benzene rings is 3. The zero-order valence-electron chi connectivity index (χ0n) is 25.8. The number of likely N-dealkylation sites (tertiary alicyclic amines) is 1. The molecule has 2 aliphatic heterocycles. The summed E-state index contributed by atoms with van der Waals surface area (Å²) in [4.78, 5) is 26.7. The van der Waals surface area contributed by atoms with Gasteiger partial charge in [0.25, 0.3) is 8.32 Å². The summed E-state index contributed by atoms with van der Waals surface area (Å²) in [7, 11) is -2.85. The Morgan fingerprint density at radius 2 is 1.63 bits per heavy atom. The van der Waals surface area contributed by atoms with Crippen LogP contribution in [0, 0.1) is 6.92 Å². The molecule has 3 aromatic carbocycles. The molecule has 0 radical (unpaired) electrons. The third-order valence-electron chi connectivity index (χ3n) is 8.20. The first-order valence-electron chi connectivity index (χ1n) is 14.8. The monoisotopic (exact) mass is 603 g/mol. The Labute approximate surface area is 254 Å². The van der Waals surface area contributed by atoms with Crippen molar-refractivity contribution >= 4 is 30.8 Å². The molecule has 5 rings (SSSR count). The van der Waals surface area contributed by atoms with Gasteiger partial charge in [-0.05, 0) is 46.5 Å². The highest BCUT2D eigenvalue weighted by Gasteiger charge is 2.53. The van der Waals surface area contributed by atoms with Gasteiger partial charge >= 0.3 is 12.1 Å². The van der Waals surface area contributed by atoms with Crippen LogP contribution in [-0.4, -0.2) is 61.5 Å². The van der Waals surface area contributed by atoms with Crippen molar-refractivity contribution in [3.05, 3.63) is 83.9 Å². The summed E-state index contributed by atoms with van der Waals surface area (Å²) in [6.45, 7) is 12.4. The van der Waals surface area contributed by atoms with E-state index in [2.05, 4.69) is 45.0 Å². The molecule has 2 heterocycles. The zero-order valence-corrected chi connectivity index (χ0v) is 26.8. The lowest BCUT2D eigenvalue weighted by Gasteiger charge is -2.44. The van der Waals surface area contributed by atoms with Gasteiger partial charge in [0.05, 0.1) is 12.7 Å². The topological polar surface area (TPSA) is 94.5 Å².